The summed E-state index contributed by atoms with van der Waals surface area (Å²) in [6, 6.07) is 18.7. The van der Waals surface area contributed by atoms with Crippen LogP contribution in [-0.2, 0) is 6.42 Å². The zero-order valence-electron chi connectivity index (χ0n) is 9.97. The Morgan fingerprint density at radius 2 is 1.72 bits per heavy atom. The van der Waals surface area contributed by atoms with Crippen LogP contribution in [0.1, 0.15) is 5.56 Å². The van der Waals surface area contributed by atoms with E-state index in [2.05, 4.69) is 34.6 Å². The van der Waals surface area contributed by atoms with E-state index < -0.39 is 0 Å². The van der Waals surface area contributed by atoms with E-state index in [0.717, 1.165) is 24.1 Å². The van der Waals surface area contributed by atoms with Gasteiger partial charge in [-0.25, -0.2) is 0 Å². The molecule has 0 saturated carbocycles. The highest BCUT2D eigenvalue weighted by Gasteiger charge is 2.03. The lowest BCUT2D eigenvalue weighted by Crippen LogP contribution is -2.04. The average Bonchev–Trinajstić information content (AvgIpc) is 2.82. The molecule has 90 valence electrons. The number of hydrogen-bond donors (Lipinski definition) is 1. The fourth-order valence-corrected chi connectivity index (χ4v) is 1.91. The van der Waals surface area contributed by atoms with Crippen LogP contribution in [0.5, 0.6) is 0 Å². The lowest BCUT2D eigenvalue weighted by atomic mass is 10.1. The molecule has 0 aliphatic heterocycles. The van der Waals surface area contributed by atoms with Crippen LogP contribution in [0, 0.1) is 0 Å². The van der Waals surface area contributed by atoms with Crippen molar-refractivity contribution in [2.45, 2.75) is 6.42 Å². The van der Waals surface area contributed by atoms with Gasteiger partial charge in [0.15, 0.2) is 5.58 Å². The molecular formula is C15H14N2O. The summed E-state index contributed by atoms with van der Waals surface area (Å²) in [5.41, 5.74) is 3.01. The molecule has 1 aromatic heterocycles. The Balaban J connectivity index is 1.63. The Hall–Kier alpha value is -2.29. The standard InChI is InChI=1S/C15H14N2O/c1-2-6-12(7-3-1)10-11-16-15-17-13-8-4-5-9-14(13)18-15/h1-9H,10-11H2,(H,16,17). The molecule has 0 bridgehead atoms. The fraction of sp³-hybridized carbons (Fsp3) is 0.133. The summed E-state index contributed by atoms with van der Waals surface area (Å²) in [5, 5.41) is 3.20. The van der Waals surface area contributed by atoms with E-state index in [4.69, 9.17) is 4.42 Å². The van der Waals surface area contributed by atoms with Crippen LogP contribution in [0.25, 0.3) is 11.1 Å². The van der Waals surface area contributed by atoms with Crippen LogP contribution in [0.2, 0.25) is 0 Å². The Kier molecular flexibility index (Phi) is 2.96. The van der Waals surface area contributed by atoms with Gasteiger partial charge < -0.3 is 9.73 Å². The minimum Gasteiger partial charge on any atom is -0.424 e. The summed E-state index contributed by atoms with van der Waals surface area (Å²) in [4.78, 5) is 4.37. The van der Waals surface area contributed by atoms with Gasteiger partial charge in [0.05, 0.1) is 0 Å². The second-order valence-corrected chi connectivity index (χ2v) is 4.15. The highest BCUT2D eigenvalue weighted by Crippen LogP contribution is 2.17. The normalized spacial score (nSPS) is 10.7. The van der Waals surface area contributed by atoms with Crippen LogP contribution in [0.4, 0.5) is 6.01 Å². The molecule has 3 aromatic rings. The molecule has 0 radical (unpaired) electrons. The SMILES string of the molecule is c1ccc(CCNc2nc3ccccc3o2)cc1. The van der Waals surface area contributed by atoms with Crippen molar-refractivity contribution < 1.29 is 4.42 Å². The maximum Gasteiger partial charge on any atom is 0.295 e. The quantitative estimate of drug-likeness (QED) is 0.756. The van der Waals surface area contributed by atoms with E-state index in [1.54, 1.807) is 0 Å². The van der Waals surface area contributed by atoms with Crippen molar-refractivity contribution in [2.24, 2.45) is 0 Å². The van der Waals surface area contributed by atoms with Crippen LogP contribution in [-0.4, -0.2) is 11.5 Å². The van der Waals surface area contributed by atoms with Crippen molar-refractivity contribution in [3.8, 4) is 0 Å². The van der Waals surface area contributed by atoms with E-state index in [9.17, 15) is 0 Å². The van der Waals surface area contributed by atoms with Gasteiger partial charge in [0.2, 0.25) is 0 Å². The van der Waals surface area contributed by atoms with Crippen molar-refractivity contribution in [1.29, 1.82) is 0 Å². The second-order valence-electron chi connectivity index (χ2n) is 4.15. The van der Waals surface area contributed by atoms with Gasteiger partial charge in [0.25, 0.3) is 6.01 Å². The molecule has 0 saturated heterocycles. The van der Waals surface area contributed by atoms with E-state index >= 15 is 0 Å². The molecule has 0 spiro atoms. The van der Waals surface area contributed by atoms with E-state index in [-0.39, 0.29) is 0 Å². The van der Waals surface area contributed by atoms with Crippen molar-refractivity contribution in [3.05, 3.63) is 60.2 Å². The Morgan fingerprint density at radius 3 is 2.56 bits per heavy atom. The molecule has 0 fully saturated rings. The zero-order chi connectivity index (χ0) is 12.2. The van der Waals surface area contributed by atoms with E-state index in [1.807, 2.05) is 30.3 Å². The van der Waals surface area contributed by atoms with Gasteiger partial charge in [-0.05, 0) is 24.1 Å². The van der Waals surface area contributed by atoms with Gasteiger partial charge in [-0.1, -0.05) is 42.5 Å². The maximum atomic E-state index is 5.58. The van der Waals surface area contributed by atoms with E-state index in [0.29, 0.717) is 6.01 Å². The number of fused-ring (bicyclic) bond motifs is 1. The first kappa shape index (κ1) is 10.8. The topological polar surface area (TPSA) is 38.1 Å². The largest absolute Gasteiger partial charge is 0.424 e. The lowest BCUT2D eigenvalue weighted by Gasteiger charge is -2.01. The first-order valence-electron chi connectivity index (χ1n) is 6.05. The molecule has 0 aliphatic carbocycles. The summed E-state index contributed by atoms with van der Waals surface area (Å²) < 4.78 is 5.58. The maximum absolute atomic E-state index is 5.58. The summed E-state index contributed by atoms with van der Waals surface area (Å²) in [6.07, 6.45) is 0.958. The third-order valence-electron chi connectivity index (χ3n) is 2.83. The molecule has 3 rings (SSSR count). The Labute approximate surface area is 105 Å². The van der Waals surface area contributed by atoms with Gasteiger partial charge in [-0.15, -0.1) is 0 Å². The van der Waals surface area contributed by atoms with Crippen LogP contribution in [0.15, 0.2) is 59.0 Å². The first-order valence-corrected chi connectivity index (χ1v) is 6.05. The zero-order valence-corrected chi connectivity index (χ0v) is 9.97. The van der Waals surface area contributed by atoms with Crippen molar-refractivity contribution in [2.75, 3.05) is 11.9 Å². The molecule has 2 aromatic carbocycles. The predicted octanol–water partition coefficient (Wildman–Crippen LogP) is 3.48. The third kappa shape index (κ3) is 2.35. The first-order chi connectivity index (χ1) is 8.92. The minimum absolute atomic E-state index is 0.590. The molecule has 1 heterocycles. The summed E-state index contributed by atoms with van der Waals surface area (Å²) in [5.74, 6) is 0. The van der Waals surface area contributed by atoms with E-state index in [1.165, 1.54) is 5.56 Å². The fourth-order valence-electron chi connectivity index (χ4n) is 1.91. The second kappa shape index (κ2) is 4.92. The van der Waals surface area contributed by atoms with Crippen molar-refractivity contribution >= 4 is 17.1 Å². The van der Waals surface area contributed by atoms with Crippen LogP contribution >= 0.6 is 0 Å². The number of aromatic nitrogens is 1. The number of anilines is 1. The minimum atomic E-state index is 0.590. The molecule has 18 heavy (non-hydrogen) atoms. The molecule has 0 atom stereocenters. The van der Waals surface area contributed by atoms with Gasteiger partial charge in [0.1, 0.15) is 5.52 Å². The number of benzene rings is 2. The predicted molar refractivity (Wildman–Crippen MR) is 72.6 cm³/mol. The van der Waals surface area contributed by atoms with Gasteiger partial charge in [-0.2, -0.15) is 4.98 Å². The molecule has 0 amide bonds. The summed E-state index contributed by atoms with van der Waals surface area (Å²) in [6.45, 7) is 0.816. The monoisotopic (exact) mass is 238 g/mol. The number of rotatable bonds is 4. The van der Waals surface area contributed by atoms with Gasteiger partial charge in [-0.3, -0.25) is 0 Å². The summed E-state index contributed by atoms with van der Waals surface area (Å²) in [7, 11) is 0. The smallest absolute Gasteiger partial charge is 0.295 e. The lowest BCUT2D eigenvalue weighted by molar-refractivity contribution is 0.614. The van der Waals surface area contributed by atoms with Crippen LogP contribution < -0.4 is 5.32 Å². The molecular weight excluding hydrogens is 224 g/mol. The number of nitrogens with zero attached hydrogens (tertiary/aromatic N) is 1. The molecule has 3 nitrogen and oxygen atoms in total. The number of para-hydroxylation sites is 2. The summed E-state index contributed by atoms with van der Waals surface area (Å²) >= 11 is 0. The molecule has 0 unspecified atom stereocenters. The average molecular weight is 238 g/mol. The highest BCUT2D eigenvalue weighted by atomic mass is 16.4. The Bertz CT molecular complexity index is 598. The Morgan fingerprint density at radius 1 is 0.944 bits per heavy atom. The number of hydrogen-bond acceptors (Lipinski definition) is 3. The molecule has 0 aliphatic rings. The molecule has 3 heteroatoms. The van der Waals surface area contributed by atoms with Crippen molar-refractivity contribution in [3.63, 3.8) is 0 Å². The third-order valence-corrected chi connectivity index (χ3v) is 2.83. The molecule has 1 N–H and O–H groups in total. The number of nitrogens with one attached hydrogen (secondary N) is 1. The van der Waals surface area contributed by atoms with Crippen molar-refractivity contribution in [1.82, 2.24) is 4.98 Å². The van der Waals surface area contributed by atoms with Crippen LogP contribution in [0.3, 0.4) is 0 Å². The number of oxazole rings is 1. The van der Waals surface area contributed by atoms with Gasteiger partial charge in [0, 0.05) is 6.54 Å². The van der Waals surface area contributed by atoms with Gasteiger partial charge >= 0.3 is 0 Å². The highest BCUT2D eigenvalue weighted by molar-refractivity contribution is 5.74.